The number of carbonyl (C=O) groups excluding carboxylic acids is 1. The summed E-state index contributed by atoms with van der Waals surface area (Å²) in [7, 11) is 0. The summed E-state index contributed by atoms with van der Waals surface area (Å²) in [6, 6.07) is 13.9. The molecule has 0 atom stereocenters. The molecular weight excluding hydrogens is 268 g/mol. The lowest BCUT2D eigenvalue weighted by molar-refractivity contribution is -0.136. The van der Waals surface area contributed by atoms with E-state index < -0.39 is 5.97 Å². The number of carboxylic acids is 1. The number of carboxylic acid groups (broad SMARTS) is 1. The molecule has 0 aliphatic heterocycles. The molecule has 21 heavy (non-hydrogen) atoms. The number of hydrogen-bond acceptors (Lipinski definition) is 3. The van der Waals surface area contributed by atoms with Crippen LogP contribution in [-0.4, -0.2) is 17.0 Å². The first kappa shape index (κ1) is 14.7. The summed E-state index contributed by atoms with van der Waals surface area (Å²) in [5.74, 6) is -1.12. The molecule has 0 radical (unpaired) electrons. The van der Waals surface area contributed by atoms with Crippen LogP contribution in [0.15, 0.2) is 48.5 Å². The van der Waals surface area contributed by atoms with Crippen molar-refractivity contribution in [3.8, 4) is 0 Å². The number of benzene rings is 2. The summed E-state index contributed by atoms with van der Waals surface area (Å²) in [6.07, 6.45) is -0.0375. The normalized spacial score (nSPS) is 10.1. The molecule has 2 aromatic rings. The van der Waals surface area contributed by atoms with Gasteiger partial charge in [-0.2, -0.15) is 0 Å². The lowest BCUT2D eigenvalue weighted by Gasteiger charge is -2.09. The van der Waals surface area contributed by atoms with Crippen molar-refractivity contribution in [2.75, 3.05) is 5.32 Å². The molecule has 0 spiro atoms. The number of nitrogens with two attached hydrogens (primary N) is 1. The fourth-order valence-corrected chi connectivity index (χ4v) is 2.00. The van der Waals surface area contributed by atoms with Crippen LogP contribution in [0.25, 0.3) is 0 Å². The van der Waals surface area contributed by atoms with Gasteiger partial charge < -0.3 is 16.2 Å². The Hall–Kier alpha value is -2.66. The monoisotopic (exact) mass is 284 g/mol. The third kappa shape index (κ3) is 3.90. The number of carbonyl (C=O) groups is 2. The Morgan fingerprint density at radius 1 is 1.05 bits per heavy atom. The molecule has 0 fully saturated rings. The molecule has 0 heterocycles. The highest BCUT2D eigenvalue weighted by Crippen LogP contribution is 2.14. The van der Waals surface area contributed by atoms with E-state index in [1.54, 1.807) is 36.4 Å². The molecule has 108 valence electrons. The van der Waals surface area contributed by atoms with Crippen molar-refractivity contribution < 1.29 is 14.7 Å². The van der Waals surface area contributed by atoms with Crippen molar-refractivity contribution >= 4 is 17.6 Å². The predicted octanol–water partition coefficient (Wildman–Crippen LogP) is 2.02. The number of rotatable bonds is 5. The van der Waals surface area contributed by atoms with Crippen LogP contribution < -0.4 is 11.1 Å². The second kappa shape index (κ2) is 6.67. The molecule has 5 nitrogen and oxygen atoms in total. The molecule has 4 N–H and O–H groups in total. The van der Waals surface area contributed by atoms with Gasteiger partial charge in [0.1, 0.15) is 0 Å². The van der Waals surface area contributed by atoms with E-state index in [1.807, 2.05) is 12.1 Å². The molecule has 0 aliphatic rings. The van der Waals surface area contributed by atoms with E-state index in [1.165, 1.54) is 0 Å². The first-order chi connectivity index (χ1) is 10.1. The van der Waals surface area contributed by atoms with Crippen LogP contribution in [0.1, 0.15) is 21.5 Å². The Balaban J connectivity index is 2.10. The van der Waals surface area contributed by atoms with Gasteiger partial charge in [-0.25, -0.2) is 0 Å². The Morgan fingerprint density at radius 3 is 2.33 bits per heavy atom. The lowest BCUT2D eigenvalue weighted by Crippen LogP contribution is -2.15. The first-order valence-corrected chi connectivity index (χ1v) is 6.50. The minimum atomic E-state index is -0.886. The van der Waals surface area contributed by atoms with Crippen molar-refractivity contribution in [3.63, 3.8) is 0 Å². The smallest absolute Gasteiger partial charge is 0.307 e. The van der Waals surface area contributed by atoms with Crippen LogP contribution in [-0.2, 0) is 17.8 Å². The van der Waals surface area contributed by atoms with Gasteiger partial charge in [-0.15, -0.1) is 0 Å². The van der Waals surface area contributed by atoms with Crippen molar-refractivity contribution in [1.29, 1.82) is 0 Å². The molecule has 0 unspecified atom stereocenters. The molecule has 2 aromatic carbocycles. The SMILES string of the molecule is NCc1ccccc1C(=O)Nc1ccc(CC(=O)O)cc1. The topological polar surface area (TPSA) is 92.4 Å². The summed E-state index contributed by atoms with van der Waals surface area (Å²) < 4.78 is 0. The molecule has 1 amide bonds. The van der Waals surface area contributed by atoms with E-state index >= 15 is 0 Å². The van der Waals surface area contributed by atoms with Crippen molar-refractivity contribution in [3.05, 3.63) is 65.2 Å². The number of anilines is 1. The zero-order chi connectivity index (χ0) is 15.2. The van der Waals surface area contributed by atoms with E-state index in [0.29, 0.717) is 23.4 Å². The van der Waals surface area contributed by atoms with Gasteiger partial charge in [0, 0.05) is 17.8 Å². The van der Waals surface area contributed by atoms with Crippen molar-refractivity contribution in [1.82, 2.24) is 0 Å². The number of amides is 1. The fraction of sp³-hybridized carbons (Fsp3) is 0.125. The maximum atomic E-state index is 12.2. The molecular formula is C16H16N2O3. The molecule has 5 heteroatoms. The quantitative estimate of drug-likeness (QED) is 0.783. The Morgan fingerprint density at radius 2 is 1.71 bits per heavy atom. The lowest BCUT2D eigenvalue weighted by atomic mass is 10.1. The highest BCUT2D eigenvalue weighted by molar-refractivity contribution is 6.05. The summed E-state index contributed by atoms with van der Waals surface area (Å²) in [5, 5.41) is 11.5. The number of hydrogen-bond donors (Lipinski definition) is 3. The van der Waals surface area contributed by atoms with Gasteiger partial charge in [-0.1, -0.05) is 30.3 Å². The molecule has 0 saturated heterocycles. The van der Waals surface area contributed by atoms with Crippen molar-refractivity contribution in [2.24, 2.45) is 5.73 Å². The predicted molar refractivity (Wildman–Crippen MR) is 80.1 cm³/mol. The maximum Gasteiger partial charge on any atom is 0.307 e. The zero-order valence-electron chi connectivity index (χ0n) is 11.4. The van der Waals surface area contributed by atoms with E-state index in [-0.39, 0.29) is 12.3 Å². The maximum absolute atomic E-state index is 12.2. The number of nitrogens with one attached hydrogen (secondary N) is 1. The average Bonchev–Trinajstić information content (AvgIpc) is 2.48. The van der Waals surface area contributed by atoms with E-state index in [9.17, 15) is 9.59 Å². The van der Waals surface area contributed by atoms with E-state index in [0.717, 1.165) is 5.56 Å². The molecule has 0 aromatic heterocycles. The Bertz CT molecular complexity index is 651. The van der Waals surface area contributed by atoms with Gasteiger partial charge in [0.05, 0.1) is 6.42 Å². The fourth-order valence-electron chi connectivity index (χ4n) is 2.00. The van der Waals surface area contributed by atoms with Crippen LogP contribution in [0.5, 0.6) is 0 Å². The van der Waals surface area contributed by atoms with Gasteiger partial charge in [-0.3, -0.25) is 9.59 Å². The largest absolute Gasteiger partial charge is 0.481 e. The highest BCUT2D eigenvalue weighted by Gasteiger charge is 2.10. The van der Waals surface area contributed by atoms with Crippen LogP contribution >= 0.6 is 0 Å². The van der Waals surface area contributed by atoms with Gasteiger partial charge in [0.25, 0.3) is 5.91 Å². The highest BCUT2D eigenvalue weighted by atomic mass is 16.4. The summed E-state index contributed by atoms with van der Waals surface area (Å²) in [4.78, 5) is 22.8. The molecule has 0 bridgehead atoms. The molecule has 0 saturated carbocycles. The van der Waals surface area contributed by atoms with Crippen LogP contribution in [0.4, 0.5) is 5.69 Å². The summed E-state index contributed by atoms with van der Waals surface area (Å²) >= 11 is 0. The minimum absolute atomic E-state index is 0.0375. The van der Waals surface area contributed by atoms with Crippen LogP contribution in [0.3, 0.4) is 0 Å². The first-order valence-electron chi connectivity index (χ1n) is 6.50. The summed E-state index contributed by atoms with van der Waals surface area (Å²) in [5.41, 5.74) is 8.22. The third-order valence-corrected chi connectivity index (χ3v) is 3.05. The van der Waals surface area contributed by atoms with Gasteiger partial charge in [0.2, 0.25) is 0 Å². The standard InChI is InChI=1S/C16H16N2O3/c17-10-12-3-1-2-4-14(12)16(21)18-13-7-5-11(6-8-13)9-15(19)20/h1-8H,9-10,17H2,(H,18,21)(H,19,20). The minimum Gasteiger partial charge on any atom is -0.481 e. The molecule has 2 rings (SSSR count). The Kier molecular flexibility index (Phi) is 4.68. The van der Waals surface area contributed by atoms with Gasteiger partial charge in [-0.05, 0) is 29.3 Å². The second-order valence-corrected chi connectivity index (χ2v) is 4.58. The number of aliphatic carboxylic acids is 1. The van der Waals surface area contributed by atoms with E-state index in [4.69, 9.17) is 10.8 Å². The van der Waals surface area contributed by atoms with Gasteiger partial charge in [0.15, 0.2) is 0 Å². The van der Waals surface area contributed by atoms with Crippen LogP contribution in [0, 0.1) is 0 Å². The van der Waals surface area contributed by atoms with Gasteiger partial charge >= 0.3 is 5.97 Å². The average molecular weight is 284 g/mol. The van der Waals surface area contributed by atoms with Crippen molar-refractivity contribution in [2.45, 2.75) is 13.0 Å². The third-order valence-electron chi connectivity index (χ3n) is 3.05. The zero-order valence-corrected chi connectivity index (χ0v) is 11.4. The van der Waals surface area contributed by atoms with E-state index in [2.05, 4.69) is 5.32 Å². The second-order valence-electron chi connectivity index (χ2n) is 4.58. The molecule has 0 aliphatic carbocycles. The Labute approximate surface area is 122 Å². The summed E-state index contributed by atoms with van der Waals surface area (Å²) in [6.45, 7) is 0.293. The van der Waals surface area contributed by atoms with Crippen LogP contribution in [0.2, 0.25) is 0 Å².